The number of aliphatic hydroxyl groups excluding tert-OH is 1. The van der Waals surface area contributed by atoms with Gasteiger partial charge in [-0.25, -0.2) is 4.79 Å². The highest BCUT2D eigenvalue weighted by Gasteiger charge is 2.52. The van der Waals surface area contributed by atoms with Crippen LogP contribution < -0.4 is 4.74 Å². The van der Waals surface area contributed by atoms with E-state index in [0.29, 0.717) is 18.6 Å². The lowest BCUT2D eigenvalue weighted by Gasteiger charge is -2.57. The van der Waals surface area contributed by atoms with Gasteiger partial charge in [0, 0.05) is 18.6 Å². The summed E-state index contributed by atoms with van der Waals surface area (Å²) < 4.78 is 11.3. The fourth-order valence-corrected chi connectivity index (χ4v) is 6.99. The summed E-state index contributed by atoms with van der Waals surface area (Å²) in [4.78, 5) is 12.5. The van der Waals surface area contributed by atoms with Crippen LogP contribution in [0.1, 0.15) is 60.9 Å². The molecule has 0 radical (unpaired) electrons. The Kier molecular flexibility index (Phi) is 5.81. The molecule has 0 aromatic heterocycles. The van der Waals surface area contributed by atoms with Crippen molar-refractivity contribution in [2.24, 2.45) is 17.8 Å². The third-order valence-electron chi connectivity index (χ3n) is 7.80. The molecular weight excluding hydrogens is 400 g/mol. The zero-order valence-electron chi connectivity index (χ0n) is 18.6. The number of ether oxygens (including phenoxy) is 2. The van der Waals surface area contributed by atoms with Crippen molar-refractivity contribution in [2.45, 2.75) is 50.4 Å². The van der Waals surface area contributed by atoms with Gasteiger partial charge in [-0.15, -0.1) is 0 Å². The first-order valence-electron chi connectivity index (χ1n) is 11.9. The fourth-order valence-electron chi connectivity index (χ4n) is 6.99. The summed E-state index contributed by atoms with van der Waals surface area (Å²) in [7, 11) is 0. The Balaban J connectivity index is 1.55. The number of benzene rings is 2. The number of esters is 1. The predicted molar refractivity (Wildman–Crippen MR) is 125 cm³/mol. The average Bonchev–Trinajstić information content (AvgIpc) is 2.78. The van der Waals surface area contributed by atoms with Gasteiger partial charge >= 0.3 is 5.97 Å². The molecule has 168 valence electrons. The molecule has 2 aromatic carbocycles. The molecule has 32 heavy (non-hydrogen) atoms. The summed E-state index contributed by atoms with van der Waals surface area (Å²) in [5.41, 5.74) is 3.81. The van der Waals surface area contributed by atoms with Crippen molar-refractivity contribution in [2.75, 3.05) is 13.2 Å². The van der Waals surface area contributed by atoms with Gasteiger partial charge in [0.2, 0.25) is 0 Å². The zero-order valence-corrected chi connectivity index (χ0v) is 18.6. The van der Waals surface area contributed by atoms with Crippen LogP contribution in [0, 0.1) is 17.8 Å². The van der Waals surface area contributed by atoms with E-state index < -0.39 is 5.97 Å². The van der Waals surface area contributed by atoms with Gasteiger partial charge in [0.25, 0.3) is 0 Å². The molecule has 0 saturated heterocycles. The lowest BCUT2D eigenvalue weighted by molar-refractivity contribution is -0.00641. The Morgan fingerprint density at radius 1 is 1.06 bits per heavy atom. The largest absolute Gasteiger partial charge is 0.493 e. The lowest BCUT2D eigenvalue weighted by atomic mass is 9.48. The molecule has 4 aliphatic carbocycles. The molecule has 0 unspecified atom stereocenters. The molecule has 6 rings (SSSR count). The van der Waals surface area contributed by atoms with Crippen molar-refractivity contribution in [3.05, 3.63) is 66.4 Å². The van der Waals surface area contributed by atoms with Gasteiger partial charge in [0.1, 0.15) is 5.75 Å². The third-order valence-corrected chi connectivity index (χ3v) is 7.80. The quantitative estimate of drug-likeness (QED) is 0.321. The molecule has 2 aromatic rings. The number of carbonyl (C=O) groups is 1. The molecule has 0 atom stereocenters. The number of carbonyl (C=O) groups excluding carboxylic acids is 1. The van der Waals surface area contributed by atoms with Gasteiger partial charge in [0.15, 0.2) is 0 Å². The second kappa shape index (κ2) is 8.74. The third kappa shape index (κ3) is 3.86. The van der Waals surface area contributed by atoms with Gasteiger partial charge in [-0.3, -0.25) is 0 Å². The van der Waals surface area contributed by atoms with Crippen LogP contribution in [0.25, 0.3) is 11.1 Å². The van der Waals surface area contributed by atoms with Crippen LogP contribution in [-0.2, 0) is 10.2 Å². The maximum absolute atomic E-state index is 12.5. The van der Waals surface area contributed by atoms with Crippen molar-refractivity contribution in [1.82, 2.24) is 0 Å². The Bertz CT molecular complexity index is 973. The fraction of sp³-hybridized carbons (Fsp3) is 0.464. The Morgan fingerprint density at radius 2 is 1.75 bits per heavy atom. The van der Waals surface area contributed by atoms with Gasteiger partial charge in [0.05, 0.1) is 18.4 Å². The molecule has 4 saturated carbocycles. The summed E-state index contributed by atoms with van der Waals surface area (Å²) in [5, 5.41) is 9.28. The van der Waals surface area contributed by atoms with E-state index in [0.717, 1.165) is 34.6 Å². The highest BCUT2D eigenvalue weighted by molar-refractivity contribution is 5.97. The van der Waals surface area contributed by atoms with Crippen LogP contribution in [0.2, 0.25) is 0 Å². The molecule has 0 spiro atoms. The molecule has 4 bridgehead atoms. The topological polar surface area (TPSA) is 55.8 Å². The first kappa shape index (κ1) is 21.3. The maximum Gasteiger partial charge on any atom is 0.343 e. The van der Waals surface area contributed by atoms with E-state index in [2.05, 4.69) is 24.8 Å². The molecule has 0 amide bonds. The molecule has 4 nitrogen and oxygen atoms in total. The van der Waals surface area contributed by atoms with E-state index in [1.807, 2.05) is 18.2 Å². The standard InChI is InChI=1S/C28H32O4/c1-2-31-27(30)24-7-4-3-6-23(24)22-8-9-25(26(15-22)32-11-5-10-29)28-16-19-12-20(17-28)14-21(13-19)18-28/h2-4,6-9,15,19-21,29H,1,5,10-14,16-18H2. The summed E-state index contributed by atoms with van der Waals surface area (Å²) >= 11 is 0. The number of aliphatic hydroxyl groups is 1. The normalized spacial score (nSPS) is 27.8. The minimum atomic E-state index is -0.413. The van der Waals surface area contributed by atoms with E-state index >= 15 is 0 Å². The molecule has 0 heterocycles. The molecular formula is C28H32O4. The van der Waals surface area contributed by atoms with Gasteiger partial charge in [-0.1, -0.05) is 36.9 Å². The van der Waals surface area contributed by atoms with Crippen molar-refractivity contribution < 1.29 is 19.4 Å². The van der Waals surface area contributed by atoms with E-state index in [9.17, 15) is 9.90 Å². The zero-order chi connectivity index (χ0) is 22.1. The second-order valence-corrected chi connectivity index (χ2v) is 9.95. The van der Waals surface area contributed by atoms with E-state index in [1.54, 1.807) is 6.07 Å². The van der Waals surface area contributed by atoms with Crippen LogP contribution >= 0.6 is 0 Å². The second-order valence-electron chi connectivity index (χ2n) is 9.95. The SMILES string of the molecule is C=COC(=O)c1ccccc1-c1ccc(C23CC4CC(CC(C4)C2)C3)c(OCCCO)c1. The van der Waals surface area contributed by atoms with Crippen molar-refractivity contribution in [1.29, 1.82) is 0 Å². The summed E-state index contributed by atoms with van der Waals surface area (Å²) in [5.74, 6) is 3.04. The van der Waals surface area contributed by atoms with Gasteiger partial charge in [-0.05, 0) is 85.0 Å². The summed E-state index contributed by atoms with van der Waals surface area (Å²) in [6.45, 7) is 4.10. The first-order valence-corrected chi connectivity index (χ1v) is 11.9. The first-order chi connectivity index (χ1) is 15.6. The summed E-state index contributed by atoms with van der Waals surface area (Å²) in [6, 6.07) is 14.0. The molecule has 0 aliphatic heterocycles. The Hall–Kier alpha value is -2.59. The molecule has 4 aliphatic rings. The van der Waals surface area contributed by atoms with Gasteiger partial charge in [-0.2, -0.15) is 0 Å². The van der Waals surface area contributed by atoms with Crippen molar-refractivity contribution >= 4 is 5.97 Å². The van der Waals surface area contributed by atoms with Crippen LogP contribution in [0.5, 0.6) is 5.75 Å². The summed E-state index contributed by atoms with van der Waals surface area (Å²) in [6.07, 6.45) is 9.75. The minimum absolute atomic E-state index is 0.114. The lowest BCUT2D eigenvalue weighted by Crippen LogP contribution is -2.48. The van der Waals surface area contributed by atoms with E-state index in [1.165, 1.54) is 50.4 Å². The van der Waals surface area contributed by atoms with E-state index in [-0.39, 0.29) is 12.0 Å². The number of hydrogen-bond acceptors (Lipinski definition) is 4. The number of hydrogen-bond donors (Lipinski definition) is 1. The Labute approximate surface area is 190 Å². The number of rotatable bonds is 8. The average molecular weight is 433 g/mol. The Morgan fingerprint density at radius 3 is 2.41 bits per heavy atom. The predicted octanol–water partition coefficient (Wildman–Crippen LogP) is 5.88. The van der Waals surface area contributed by atoms with Crippen LogP contribution in [-0.4, -0.2) is 24.3 Å². The highest BCUT2D eigenvalue weighted by Crippen LogP contribution is 2.62. The monoisotopic (exact) mass is 432 g/mol. The van der Waals surface area contributed by atoms with Gasteiger partial charge < -0.3 is 14.6 Å². The van der Waals surface area contributed by atoms with E-state index in [4.69, 9.17) is 9.47 Å². The van der Waals surface area contributed by atoms with Crippen LogP contribution in [0.15, 0.2) is 55.3 Å². The molecule has 4 heteroatoms. The van der Waals surface area contributed by atoms with Crippen molar-refractivity contribution in [3.63, 3.8) is 0 Å². The molecule has 1 N–H and O–H groups in total. The van der Waals surface area contributed by atoms with Crippen LogP contribution in [0.3, 0.4) is 0 Å². The highest BCUT2D eigenvalue weighted by atomic mass is 16.5. The van der Waals surface area contributed by atoms with Crippen molar-refractivity contribution in [3.8, 4) is 16.9 Å². The minimum Gasteiger partial charge on any atom is -0.493 e. The smallest absolute Gasteiger partial charge is 0.343 e. The molecule has 4 fully saturated rings. The van der Waals surface area contributed by atoms with Crippen LogP contribution in [0.4, 0.5) is 0 Å². The maximum atomic E-state index is 12.5.